The summed E-state index contributed by atoms with van der Waals surface area (Å²) in [4.78, 5) is 10.9. The Morgan fingerprint density at radius 3 is 2.75 bits per heavy atom. The zero-order valence-corrected chi connectivity index (χ0v) is 10.8. The van der Waals surface area contributed by atoms with Crippen LogP contribution in [0.5, 0.6) is 0 Å². The van der Waals surface area contributed by atoms with E-state index in [1.165, 1.54) is 36.5 Å². The first-order valence-electron chi connectivity index (χ1n) is 5.66. The summed E-state index contributed by atoms with van der Waals surface area (Å²) >= 11 is 0. The molecular formula is C12H10N2O5S. The van der Waals surface area contributed by atoms with Gasteiger partial charge in [0.25, 0.3) is 10.0 Å². The molecule has 0 fully saturated rings. The van der Waals surface area contributed by atoms with Crippen LogP contribution in [0.3, 0.4) is 0 Å². The van der Waals surface area contributed by atoms with Crippen molar-refractivity contribution >= 4 is 21.7 Å². The van der Waals surface area contributed by atoms with E-state index in [2.05, 4.69) is 5.32 Å². The van der Waals surface area contributed by atoms with Gasteiger partial charge in [-0.25, -0.2) is 17.2 Å². The van der Waals surface area contributed by atoms with Crippen molar-refractivity contribution in [3.8, 4) is 0 Å². The van der Waals surface area contributed by atoms with Crippen molar-refractivity contribution in [2.75, 3.05) is 5.32 Å². The Morgan fingerprint density at radius 1 is 1.30 bits per heavy atom. The fraction of sp³-hybridized carbons (Fsp3) is 0.0833. The third-order valence-electron chi connectivity index (χ3n) is 3.08. The monoisotopic (exact) mass is 294 g/mol. The van der Waals surface area contributed by atoms with Crippen LogP contribution < -0.4 is 5.32 Å². The average molecular weight is 294 g/mol. The second-order valence-corrected chi connectivity index (χ2v) is 6.08. The third kappa shape index (κ3) is 1.69. The number of anilines is 1. The molecule has 0 amide bonds. The first-order valence-corrected chi connectivity index (χ1v) is 7.10. The molecule has 0 bridgehead atoms. The van der Waals surface area contributed by atoms with Gasteiger partial charge in [0.15, 0.2) is 6.23 Å². The number of aliphatic hydroxyl groups is 1. The lowest BCUT2D eigenvalue weighted by molar-refractivity contribution is 0.0696. The number of fused-ring (bicyclic) bond motifs is 2. The molecule has 0 spiro atoms. The van der Waals surface area contributed by atoms with Crippen molar-refractivity contribution < 1.29 is 23.4 Å². The number of carbonyl (C=O) groups is 1. The summed E-state index contributed by atoms with van der Waals surface area (Å²) in [5.74, 6) is -1.18. The van der Waals surface area contributed by atoms with E-state index in [1.54, 1.807) is 0 Å². The van der Waals surface area contributed by atoms with Crippen molar-refractivity contribution in [3.63, 3.8) is 0 Å². The minimum absolute atomic E-state index is 0.0566. The molecule has 2 aromatic rings. The van der Waals surface area contributed by atoms with Crippen LogP contribution in [0.15, 0.2) is 41.4 Å². The molecule has 2 heterocycles. The smallest absolute Gasteiger partial charge is 0.335 e. The summed E-state index contributed by atoms with van der Waals surface area (Å²) in [5.41, 5.74) is 0.157. The van der Waals surface area contributed by atoms with E-state index in [4.69, 9.17) is 5.11 Å². The molecule has 1 aromatic carbocycles. The van der Waals surface area contributed by atoms with Crippen molar-refractivity contribution in [3.05, 3.63) is 47.8 Å². The lowest BCUT2D eigenvalue weighted by atomic mass is 10.2. The average Bonchev–Trinajstić information content (AvgIpc) is 2.85. The molecule has 1 aromatic heterocycles. The van der Waals surface area contributed by atoms with E-state index in [0.29, 0.717) is 0 Å². The zero-order valence-electron chi connectivity index (χ0n) is 10.0. The molecule has 1 unspecified atom stereocenters. The number of aliphatic hydroxyl groups excluding tert-OH is 1. The predicted molar refractivity (Wildman–Crippen MR) is 69.0 cm³/mol. The summed E-state index contributed by atoms with van der Waals surface area (Å²) in [6, 6.07) is 6.59. The van der Waals surface area contributed by atoms with Gasteiger partial charge in [0, 0.05) is 6.20 Å². The van der Waals surface area contributed by atoms with Crippen molar-refractivity contribution in [2.24, 2.45) is 0 Å². The van der Waals surface area contributed by atoms with Gasteiger partial charge < -0.3 is 15.5 Å². The molecular weight excluding hydrogens is 284 g/mol. The van der Waals surface area contributed by atoms with Crippen LogP contribution in [0.1, 0.15) is 22.3 Å². The van der Waals surface area contributed by atoms with Gasteiger partial charge in [0.1, 0.15) is 4.90 Å². The minimum Gasteiger partial charge on any atom is -0.478 e. The molecule has 3 N–H and O–H groups in total. The van der Waals surface area contributed by atoms with Crippen LogP contribution in [0, 0.1) is 0 Å². The fourth-order valence-corrected chi connectivity index (χ4v) is 3.65. The van der Waals surface area contributed by atoms with Gasteiger partial charge in [-0.1, -0.05) is 0 Å². The zero-order chi connectivity index (χ0) is 14.5. The van der Waals surface area contributed by atoms with Crippen LogP contribution in [0.25, 0.3) is 0 Å². The van der Waals surface area contributed by atoms with Crippen LogP contribution in [0.2, 0.25) is 0 Å². The van der Waals surface area contributed by atoms with Crippen LogP contribution in [-0.2, 0) is 10.0 Å². The van der Waals surface area contributed by atoms with Crippen LogP contribution >= 0.6 is 0 Å². The number of aromatic carboxylic acids is 1. The summed E-state index contributed by atoms with van der Waals surface area (Å²) in [7, 11) is -3.87. The quantitative estimate of drug-likeness (QED) is 0.719. The standard InChI is InChI=1S/C12H10N2O5S/c15-11-9-2-1-5-14(9)20(18,19)10-4-3-7(12(16)17)6-8(10)13-11/h1-6,11,13,15H,(H,16,17). The van der Waals surface area contributed by atoms with E-state index in [9.17, 15) is 18.3 Å². The topological polar surface area (TPSA) is 109 Å². The maximum atomic E-state index is 12.5. The number of rotatable bonds is 1. The Hall–Kier alpha value is -2.32. The number of nitrogens with one attached hydrogen (secondary N) is 1. The highest BCUT2D eigenvalue weighted by Crippen LogP contribution is 2.33. The largest absolute Gasteiger partial charge is 0.478 e. The summed E-state index contributed by atoms with van der Waals surface area (Å²) < 4.78 is 25.9. The number of nitrogens with zero attached hydrogens (tertiary/aromatic N) is 1. The summed E-state index contributed by atoms with van der Waals surface area (Å²) in [6.07, 6.45) is 0.0838. The minimum atomic E-state index is -3.87. The molecule has 0 saturated carbocycles. The van der Waals surface area contributed by atoms with Crippen molar-refractivity contribution in [2.45, 2.75) is 11.1 Å². The highest BCUT2D eigenvalue weighted by atomic mass is 32.2. The van der Waals surface area contributed by atoms with E-state index in [0.717, 1.165) is 3.97 Å². The first-order chi connectivity index (χ1) is 9.41. The Balaban J connectivity index is 2.29. The molecule has 0 radical (unpaired) electrons. The molecule has 7 nitrogen and oxygen atoms in total. The predicted octanol–water partition coefficient (Wildman–Crippen LogP) is 0.840. The Morgan fingerprint density at radius 2 is 2.05 bits per heavy atom. The van der Waals surface area contributed by atoms with E-state index in [-0.39, 0.29) is 21.8 Å². The SMILES string of the molecule is O=C(O)c1ccc2c(c1)NC(O)c1cccn1S2(=O)=O. The van der Waals surface area contributed by atoms with E-state index in [1.807, 2.05) is 0 Å². The van der Waals surface area contributed by atoms with Gasteiger partial charge in [0.05, 0.1) is 16.9 Å². The molecule has 1 atom stereocenters. The summed E-state index contributed by atoms with van der Waals surface area (Å²) in [6.45, 7) is 0. The molecule has 8 heteroatoms. The lowest BCUT2D eigenvalue weighted by Gasteiger charge is -2.11. The Bertz CT molecular complexity index is 809. The number of carboxylic acids is 1. The van der Waals surface area contributed by atoms with Crippen LogP contribution in [-0.4, -0.2) is 28.6 Å². The van der Waals surface area contributed by atoms with E-state index >= 15 is 0 Å². The maximum Gasteiger partial charge on any atom is 0.335 e. The van der Waals surface area contributed by atoms with Gasteiger partial charge in [-0.2, -0.15) is 0 Å². The molecule has 0 aliphatic carbocycles. The lowest BCUT2D eigenvalue weighted by Crippen LogP contribution is -2.14. The fourth-order valence-electron chi connectivity index (χ4n) is 2.14. The normalized spacial score (nSPS) is 19.4. The maximum absolute atomic E-state index is 12.5. The van der Waals surface area contributed by atoms with Crippen LogP contribution in [0.4, 0.5) is 5.69 Å². The Labute approximate surface area is 114 Å². The second-order valence-electron chi connectivity index (χ2n) is 4.30. The summed E-state index contributed by atoms with van der Waals surface area (Å²) in [5, 5.41) is 21.5. The number of benzene rings is 1. The Kier molecular flexibility index (Phi) is 2.59. The highest BCUT2D eigenvalue weighted by Gasteiger charge is 2.30. The molecule has 0 saturated heterocycles. The molecule has 3 rings (SSSR count). The van der Waals surface area contributed by atoms with Crippen molar-refractivity contribution in [1.82, 2.24) is 3.97 Å². The first kappa shape index (κ1) is 12.7. The van der Waals surface area contributed by atoms with Gasteiger partial charge in [-0.3, -0.25) is 0 Å². The van der Waals surface area contributed by atoms with Crippen molar-refractivity contribution in [1.29, 1.82) is 0 Å². The van der Waals surface area contributed by atoms with Gasteiger partial charge in [-0.15, -0.1) is 0 Å². The molecule has 20 heavy (non-hydrogen) atoms. The molecule has 1 aliphatic heterocycles. The molecule has 104 valence electrons. The number of hydrogen-bond donors (Lipinski definition) is 3. The van der Waals surface area contributed by atoms with Gasteiger partial charge in [0.2, 0.25) is 0 Å². The number of carboxylic acid groups (broad SMARTS) is 1. The highest BCUT2D eigenvalue weighted by molar-refractivity contribution is 7.90. The van der Waals surface area contributed by atoms with E-state index < -0.39 is 22.2 Å². The van der Waals surface area contributed by atoms with Gasteiger partial charge >= 0.3 is 5.97 Å². The van der Waals surface area contributed by atoms with Gasteiger partial charge in [-0.05, 0) is 30.3 Å². The number of aromatic nitrogens is 1. The molecule has 1 aliphatic rings. The second kappa shape index (κ2) is 4.09. The number of hydrogen-bond acceptors (Lipinski definition) is 5. The third-order valence-corrected chi connectivity index (χ3v) is 4.84.